The van der Waals surface area contributed by atoms with E-state index in [0.29, 0.717) is 17.8 Å². The predicted octanol–water partition coefficient (Wildman–Crippen LogP) is 4.38. The van der Waals surface area contributed by atoms with E-state index in [-0.39, 0.29) is 12.1 Å². The Morgan fingerprint density at radius 1 is 1.18 bits per heavy atom. The van der Waals surface area contributed by atoms with Crippen LogP contribution in [0.4, 0.5) is 0 Å². The monoisotopic (exact) mass is 304 g/mol. The van der Waals surface area contributed by atoms with Gasteiger partial charge in [-0.25, -0.2) is 4.79 Å². The van der Waals surface area contributed by atoms with Crippen LogP contribution in [0, 0.1) is 17.8 Å². The van der Waals surface area contributed by atoms with Crippen LogP contribution in [-0.2, 0) is 14.3 Å². The molecular weight excluding hydrogens is 276 g/mol. The fourth-order valence-corrected chi connectivity index (χ4v) is 3.46. The van der Waals surface area contributed by atoms with E-state index in [1.807, 2.05) is 30.3 Å². The predicted molar refractivity (Wildman–Crippen MR) is 87.4 cm³/mol. The van der Waals surface area contributed by atoms with E-state index in [0.717, 1.165) is 18.4 Å². The summed E-state index contributed by atoms with van der Waals surface area (Å²) in [7, 11) is 1.56. The van der Waals surface area contributed by atoms with Gasteiger partial charge in [0.05, 0.1) is 0 Å². The quantitative estimate of drug-likeness (QED) is 0.757. The molecule has 0 bridgehead atoms. The zero-order valence-corrected chi connectivity index (χ0v) is 14.1. The average Bonchev–Trinajstić information content (AvgIpc) is 2.48. The zero-order chi connectivity index (χ0) is 16.1. The second-order valence-electron chi connectivity index (χ2n) is 6.83. The summed E-state index contributed by atoms with van der Waals surface area (Å²) in [5.41, 5.74) is 0.847. The van der Waals surface area contributed by atoms with Crippen molar-refractivity contribution in [1.82, 2.24) is 0 Å². The Labute approximate surface area is 134 Å². The van der Waals surface area contributed by atoms with Gasteiger partial charge in [-0.15, -0.1) is 0 Å². The lowest BCUT2D eigenvalue weighted by molar-refractivity contribution is -0.168. The molecule has 0 N–H and O–H groups in total. The van der Waals surface area contributed by atoms with Crippen molar-refractivity contribution in [3.63, 3.8) is 0 Å². The molecule has 2 rings (SSSR count). The molecule has 122 valence electrons. The molecule has 1 aliphatic rings. The Kier molecular flexibility index (Phi) is 6.01. The molecule has 22 heavy (non-hydrogen) atoms. The number of rotatable bonds is 5. The molecule has 4 atom stereocenters. The number of ether oxygens (including phenoxy) is 2. The van der Waals surface area contributed by atoms with Crippen molar-refractivity contribution in [2.75, 3.05) is 7.11 Å². The highest BCUT2D eigenvalue weighted by atomic mass is 16.6. The van der Waals surface area contributed by atoms with E-state index in [1.54, 1.807) is 7.11 Å². The summed E-state index contributed by atoms with van der Waals surface area (Å²) in [6.07, 6.45) is 2.70. The van der Waals surface area contributed by atoms with E-state index >= 15 is 0 Å². The molecule has 0 saturated heterocycles. The SMILES string of the molecule is COC(C(=O)O[C@@H]1C[C@H](C)CC[C@H]1C(C)C)c1ccccc1. The summed E-state index contributed by atoms with van der Waals surface area (Å²) < 4.78 is 11.3. The summed E-state index contributed by atoms with van der Waals surface area (Å²) >= 11 is 0. The Balaban J connectivity index is 2.08. The van der Waals surface area contributed by atoms with Gasteiger partial charge in [-0.3, -0.25) is 0 Å². The van der Waals surface area contributed by atoms with Crippen LogP contribution in [0.5, 0.6) is 0 Å². The van der Waals surface area contributed by atoms with E-state index in [2.05, 4.69) is 20.8 Å². The molecule has 0 heterocycles. The van der Waals surface area contributed by atoms with E-state index in [1.165, 1.54) is 6.42 Å². The van der Waals surface area contributed by atoms with Crippen LogP contribution in [0.3, 0.4) is 0 Å². The smallest absolute Gasteiger partial charge is 0.340 e. The van der Waals surface area contributed by atoms with Gasteiger partial charge in [-0.2, -0.15) is 0 Å². The number of hydrogen-bond donors (Lipinski definition) is 0. The third kappa shape index (κ3) is 4.10. The first-order chi connectivity index (χ1) is 10.5. The third-order valence-corrected chi connectivity index (χ3v) is 4.78. The molecule has 1 unspecified atom stereocenters. The molecule has 1 fully saturated rings. The van der Waals surface area contributed by atoms with Crippen molar-refractivity contribution in [3.8, 4) is 0 Å². The number of esters is 1. The van der Waals surface area contributed by atoms with Gasteiger partial charge in [-0.05, 0) is 36.2 Å². The van der Waals surface area contributed by atoms with Crippen molar-refractivity contribution in [2.45, 2.75) is 52.2 Å². The highest BCUT2D eigenvalue weighted by Crippen LogP contribution is 2.36. The first-order valence-electron chi connectivity index (χ1n) is 8.31. The molecule has 0 aliphatic heterocycles. The number of hydrogen-bond acceptors (Lipinski definition) is 3. The maximum absolute atomic E-state index is 12.6. The number of carbonyl (C=O) groups excluding carboxylic acids is 1. The van der Waals surface area contributed by atoms with E-state index in [4.69, 9.17) is 9.47 Å². The molecule has 0 aromatic heterocycles. The highest BCUT2D eigenvalue weighted by molar-refractivity contribution is 5.76. The molecule has 0 amide bonds. The van der Waals surface area contributed by atoms with Gasteiger partial charge >= 0.3 is 5.97 Å². The van der Waals surface area contributed by atoms with Gasteiger partial charge in [0.2, 0.25) is 0 Å². The minimum atomic E-state index is -0.633. The Hall–Kier alpha value is -1.35. The molecule has 3 heteroatoms. The molecule has 3 nitrogen and oxygen atoms in total. The van der Waals surface area contributed by atoms with Gasteiger partial charge in [0.1, 0.15) is 6.10 Å². The fraction of sp³-hybridized carbons (Fsp3) is 0.632. The summed E-state index contributed by atoms with van der Waals surface area (Å²) in [6.45, 7) is 6.67. The van der Waals surface area contributed by atoms with Crippen molar-refractivity contribution in [2.24, 2.45) is 17.8 Å². The summed E-state index contributed by atoms with van der Waals surface area (Å²) in [5.74, 6) is 1.33. The molecule has 1 aliphatic carbocycles. The van der Waals surface area contributed by atoms with Crippen LogP contribution < -0.4 is 0 Å². The standard InChI is InChI=1S/C19H28O3/c1-13(2)16-11-10-14(3)12-17(16)22-19(20)18(21-4)15-8-6-5-7-9-15/h5-9,13-14,16-18H,10-12H2,1-4H3/t14-,16+,17-,18?/m1/s1. The summed E-state index contributed by atoms with van der Waals surface area (Å²) in [6, 6.07) is 9.55. The Morgan fingerprint density at radius 3 is 2.45 bits per heavy atom. The number of benzene rings is 1. The van der Waals surface area contributed by atoms with Gasteiger partial charge in [-0.1, -0.05) is 57.5 Å². The second-order valence-corrected chi connectivity index (χ2v) is 6.83. The van der Waals surface area contributed by atoms with Crippen LogP contribution in [0.1, 0.15) is 51.7 Å². The summed E-state index contributed by atoms with van der Waals surface area (Å²) in [4.78, 5) is 12.6. The maximum Gasteiger partial charge on any atom is 0.340 e. The fourth-order valence-electron chi connectivity index (χ4n) is 3.46. The molecule has 0 spiro atoms. The number of methoxy groups -OCH3 is 1. The largest absolute Gasteiger partial charge is 0.460 e. The first kappa shape index (κ1) is 17.0. The van der Waals surface area contributed by atoms with Crippen molar-refractivity contribution in [3.05, 3.63) is 35.9 Å². The molecule has 1 aromatic rings. The van der Waals surface area contributed by atoms with Gasteiger partial charge in [0, 0.05) is 7.11 Å². The van der Waals surface area contributed by atoms with Crippen LogP contribution in [-0.4, -0.2) is 19.2 Å². The van der Waals surface area contributed by atoms with Gasteiger partial charge in [0.15, 0.2) is 6.10 Å². The maximum atomic E-state index is 12.6. The van der Waals surface area contributed by atoms with Crippen molar-refractivity contribution < 1.29 is 14.3 Å². The summed E-state index contributed by atoms with van der Waals surface area (Å²) in [5, 5.41) is 0. The molecule has 0 radical (unpaired) electrons. The lowest BCUT2D eigenvalue weighted by Crippen LogP contribution is -2.37. The van der Waals surface area contributed by atoms with Crippen LogP contribution in [0.25, 0.3) is 0 Å². The normalized spacial score (nSPS) is 26.7. The van der Waals surface area contributed by atoms with Gasteiger partial charge in [0.25, 0.3) is 0 Å². The molecular formula is C19H28O3. The minimum Gasteiger partial charge on any atom is -0.460 e. The van der Waals surface area contributed by atoms with Crippen LogP contribution in [0.2, 0.25) is 0 Å². The van der Waals surface area contributed by atoms with Crippen molar-refractivity contribution in [1.29, 1.82) is 0 Å². The average molecular weight is 304 g/mol. The number of carbonyl (C=O) groups is 1. The third-order valence-electron chi connectivity index (χ3n) is 4.78. The lowest BCUT2D eigenvalue weighted by atomic mass is 9.75. The van der Waals surface area contributed by atoms with Gasteiger partial charge < -0.3 is 9.47 Å². The van der Waals surface area contributed by atoms with E-state index in [9.17, 15) is 4.79 Å². The zero-order valence-electron chi connectivity index (χ0n) is 14.1. The van der Waals surface area contributed by atoms with Crippen molar-refractivity contribution >= 4 is 5.97 Å². The lowest BCUT2D eigenvalue weighted by Gasteiger charge is -2.37. The van der Waals surface area contributed by atoms with Crippen LogP contribution >= 0.6 is 0 Å². The topological polar surface area (TPSA) is 35.5 Å². The van der Waals surface area contributed by atoms with Crippen LogP contribution in [0.15, 0.2) is 30.3 Å². The molecule has 1 aromatic carbocycles. The minimum absolute atomic E-state index is 0.0117. The second kappa shape index (κ2) is 7.77. The highest BCUT2D eigenvalue weighted by Gasteiger charge is 2.35. The Morgan fingerprint density at radius 2 is 1.86 bits per heavy atom. The van der Waals surface area contributed by atoms with E-state index < -0.39 is 6.10 Å². The first-order valence-corrected chi connectivity index (χ1v) is 8.31. The Bertz CT molecular complexity index is 469. The molecule has 1 saturated carbocycles.